The molecule has 0 spiro atoms. The molecule has 20 heavy (non-hydrogen) atoms. The highest BCUT2D eigenvalue weighted by atomic mass is 16.4. The summed E-state index contributed by atoms with van der Waals surface area (Å²) in [5, 5.41) is 18.3. The van der Waals surface area contributed by atoms with E-state index < -0.39 is 11.9 Å². The number of amides is 1. The molecule has 1 fully saturated rings. The number of phenols is 1. The third-order valence-electron chi connectivity index (χ3n) is 3.84. The van der Waals surface area contributed by atoms with Gasteiger partial charge in [0.25, 0.3) is 0 Å². The maximum Gasteiger partial charge on any atom is 0.308 e. The van der Waals surface area contributed by atoms with Crippen molar-refractivity contribution in [3.63, 3.8) is 0 Å². The number of likely N-dealkylation sites (tertiary alicyclic amines) is 1. The lowest BCUT2D eigenvalue weighted by atomic mass is 9.93. The summed E-state index contributed by atoms with van der Waals surface area (Å²) in [4.78, 5) is 25.0. The summed E-state index contributed by atoms with van der Waals surface area (Å²) in [5.41, 5.74) is 0.817. The van der Waals surface area contributed by atoms with Crippen molar-refractivity contribution in [2.75, 3.05) is 6.54 Å². The molecule has 1 aromatic rings. The van der Waals surface area contributed by atoms with Crippen LogP contribution < -0.4 is 0 Å². The van der Waals surface area contributed by atoms with Crippen molar-refractivity contribution in [3.05, 3.63) is 29.8 Å². The fourth-order valence-corrected chi connectivity index (χ4v) is 2.55. The van der Waals surface area contributed by atoms with Crippen LogP contribution in [0.5, 0.6) is 5.75 Å². The third kappa shape index (κ3) is 3.29. The van der Waals surface area contributed by atoms with Gasteiger partial charge in [-0.25, -0.2) is 0 Å². The molecular formula is C15H19NO4. The second-order valence-electron chi connectivity index (χ2n) is 5.35. The van der Waals surface area contributed by atoms with Crippen molar-refractivity contribution in [1.29, 1.82) is 0 Å². The van der Waals surface area contributed by atoms with Gasteiger partial charge in [-0.2, -0.15) is 0 Å². The van der Waals surface area contributed by atoms with E-state index in [1.54, 1.807) is 29.2 Å². The number of benzene rings is 1. The molecule has 1 saturated heterocycles. The second-order valence-corrected chi connectivity index (χ2v) is 5.35. The average Bonchev–Trinajstić information content (AvgIpc) is 2.41. The van der Waals surface area contributed by atoms with E-state index >= 15 is 0 Å². The molecule has 2 unspecified atom stereocenters. The standard InChI is InChI=1S/C15H19NO4/c1-10-2-5-12(15(19)20)9-16(10)14(18)8-11-3-6-13(17)7-4-11/h3-4,6-7,10,12,17H,2,5,8-9H2,1H3,(H,19,20). The molecule has 5 nitrogen and oxygen atoms in total. The number of hydrogen-bond donors (Lipinski definition) is 2. The van der Waals surface area contributed by atoms with Crippen molar-refractivity contribution in [2.45, 2.75) is 32.2 Å². The van der Waals surface area contributed by atoms with Crippen LogP contribution in [0.3, 0.4) is 0 Å². The topological polar surface area (TPSA) is 77.8 Å². The van der Waals surface area contributed by atoms with Crippen molar-refractivity contribution in [1.82, 2.24) is 4.90 Å². The zero-order chi connectivity index (χ0) is 14.7. The van der Waals surface area contributed by atoms with Crippen molar-refractivity contribution in [3.8, 4) is 5.75 Å². The van der Waals surface area contributed by atoms with Crippen LogP contribution in [0.25, 0.3) is 0 Å². The van der Waals surface area contributed by atoms with E-state index in [1.807, 2.05) is 6.92 Å². The molecular weight excluding hydrogens is 258 g/mol. The lowest BCUT2D eigenvalue weighted by Crippen LogP contribution is -2.47. The number of carboxylic acid groups (broad SMARTS) is 1. The molecule has 1 aliphatic rings. The Morgan fingerprint density at radius 1 is 1.25 bits per heavy atom. The number of rotatable bonds is 3. The van der Waals surface area contributed by atoms with E-state index in [0.717, 1.165) is 12.0 Å². The predicted molar refractivity (Wildman–Crippen MR) is 73.3 cm³/mol. The monoisotopic (exact) mass is 277 g/mol. The first-order chi connectivity index (χ1) is 9.47. The molecule has 108 valence electrons. The van der Waals surface area contributed by atoms with Crippen LogP contribution in [0.15, 0.2) is 24.3 Å². The number of carboxylic acids is 1. The molecule has 0 bridgehead atoms. The number of carbonyl (C=O) groups is 2. The summed E-state index contributed by atoms with van der Waals surface area (Å²) >= 11 is 0. The van der Waals surface area contributed by atoms with Gasteiger partial charge in [-0.3, -0.25) is 9.59 Å². The number of hydrogen-bond acceptors (Lipinski definition) is 3. The smallest absolute Gasteiger partial charge is 0.308 e. The highest BCUT2D eigenvalue weighted by Gasteiger charge is 2.32. The molecule has 0 radical (unpaired) electrons. The van der Waals surface area contributed by atoms with Crippen LogP contribution in [0.1, 0.15) is 25.3 Å². The van der Waals surface area contributed by atoms with E-state index in [-0.39, 0.29) is 30.7 Å². The Hall–Kier alpha value is -2.04. The maximum atomic E-state index is 12.3. The zero-order valence-corrected chi connectivity index (χ0v) is 11.5. The molecule has 2 atom stereocenters. The SMILES string of the molecule is CC1CCC(C(=O)O)CN1C(=O)Cc1ccc(O)cc1. The molecule has 5 heteroatoms. The Kier molecular flexibility index (Phi) is 4.27. The number of aromatic hydroxyl groups is 1. The van der Waals surface area contributed by atoms with Crippen LogP contribution in [0, 0.1) is 5.92 Å². The summed E-state index contributed by atoms with van der Waals surface area (Å²) in [6.07, 6.45) is 1.58. The first-order valence-corrected chi connectivity index (χ1v) is 6.77. The molecule has 2 N–H and O–H groups in total. The summed E-state index contributed by atoms with van der Waals surface area (Å²) < 4.78 is 0. The molecule has 0 aliphatic carbocycles. The average molecular weight is 277 g/mol. The van der Waals surface area contributed by atoms with E-state index in [9.17, 15) is 14.7 Å². The van der Waals surface area contributed by atoms with Crippen molar-refractivity contribution >= 4 is 11.9 Å². The van der Waals surface area contributed by atoms with Crippen molar-refractivity contribution in [2.24, 2.45) is 5.92 Å². The fourth-order valence-electron chi connectivity index (χ4n) is 2.55. The van der Waals surface area contributed by atoms with E-state index in [4.69, 9.17) is 5.11 Å². The van der Waals surface area contributed by atoms with Gasteiger partial charge in [0.1, 0.15) is 5.75 Å². The molecule has 1 aromatic carbocycles. The van der Waals surface area contributed by atoms with E-state index in [0.29, 0.717) is 6.42 Å². The lowest BCUT2D eigenvalue weighted by molar-refractivity contribution is -0.146. The molecule has 0 saturated carbocycles. The van der Waals surface area contributed by atoms with Crippen LogP contribution in [-0.4, -0.2) is 39.6 Å². The summed E-state index contributed by atoms with van der Waals surface area (Å²) in [5.74, 6) is -1.19. The van der Waals surface area contributed by atoms with Gasteiger partial charge in [-0.15, -0.1) is 0 Å². The number of aliphatic carboxylic acids is 1. The highest BCUT2D eigenvalue weighted by Crippen LogP contribution is 2.23. The maximum absolute atomic E-state index is 12.3. The van der Waals surface area contributed by atoms with Crippen LogP contribution in [0.4, 0.5) is 0 Å². The van der Waals surface area contributed by atoms with Gasteiger partial charge in [0.05, 0.1) is 12.3 Å². The van der Waals surface area contributed by atoms with Gasteiger partial charge in [0, 0.05) is 12.6 Å². The van der Waals surface area contributed by atoms with Gasteiger partial charge in [-0.05, 0) is 37.5 Å². The summed E-state index contributed by atoms with van der Waals surface area (Å²) in [6, 6.07) is 6.58. The minimum atomic E-state index is -0.834. The second kappa shape index (κ2) is 5.94. The van der Waals surface area contributed by atoms with Gasteiger partial charge in [-0.1, -0.05) is 12.1 Å². The van der Waals surface area contributed by atoms with Crippen LogP contribution in [0.2, 0.25) is 0 Å². The third-order valence-corrected chi connectivity index (χ3v) is 3.84. The molecule has 1 heterocycles. The number of nitrogens with zero attached hydrogens (tertiary/aromatic N) is 1. The minimum Gasteiger partial charge on any atom is -0.508 e. The number of piperidine rings is 1. The Labute approximate surface area is 117 Å². The first-order valence-electron chi connectivity index (χ1n) is 6.77. The molecule has 1 aliphatic heterocycles. The van der Waals surface area contributed by atoms with Gasteiger partial charge in [0.15, 0.2) is 0 Å². The Morgan fingerprint density at radius 3 is 2.50 bits per heavy atom. The van der Waals surface area contributed by atoms with Crippen LogP contribution >= 0.6 is 0 Å². The Morgan fingerprint density at radius 2 is 1.90 bits per heavy atom. The zero-order valence-electron chi connectivity index (χ0n) is 11.5. The van der Waals surface area contributed by atoms with Gasteiger partial charge >= 0.3 is 5.97 Å². The van der Waals surface area contributed by atoms with Gasteiger partial charge < -0.3 is 15.1 Å². The molecule has 0 aromatic heterocycles. The van der Waals surface area contributed by atoms with E-state index in [1.165, 1.54) is 0 Å². The highest BCUT2D eigenvalue weighted by molar-refractivity contribution is 5.80. The number of phenolic OH excluding ortho intramolecular Hbond substituents is 1. The molecule has 2 rings (SSSR count). The fraction of sp³-hybridized carbons (Fsp3) is 0.467. The lowest BCUT2D eigenvalue weighted by Gasteiger charge is -2.36. The Balaban J connectivity index is 2.03. The summed E-state index contributed by atoms with van der Waals surface area (Å²) in [7, 11) is 0. The minimum absolute atomic E-state index is 0.0610. The molecule has 1 amide bonds. The number of carbonyl (C=O) groups excluding carboxylic acids is 1. The normalized spacial score (nSPS) is 22.6. The van der Waals surface area contributed by atoms with E-state index in [2.05, 4.69) is 0 Å². The quantitative estimate of drug-likeness (QED) is 0.880. The van der Waals surface area contributed by atoms with Crippen LogP contribution in [-0.2, 0) is 16.0 Å². The summed E-state index contributed by atoms with van der Waals surface area (Å²) in [6.45, 7) is 2.24. The predicted octanol–water partition coefficient (Wildman–Crippen LogP) is 1.65. The Bertz CT molecular complexity index is 497. The van der Waals surface area contributed by atoms with Crippen molar-refractivity contribution < 1.29 is 19.8 Å². The largest absolute Gasteiger partial charge is 0.508 e. The van der Waals surface area contributed by atoms with Gasteiger partial charge in [0.2, 0.25) is 5.91 Å². The first kappa shape index (κ1) is 14.4.